The minimum absolute atomic E-state index is 0.215. The summed E-state index contributed by atoms with van der Waals surface area (Å²) in [6, 6.07) is 8.58. The Hall–Kier alpha value is -2.98. The molecule has 4 heterocycles. The summed E-state index contributed by atoms with van der Waals surface area (Å²) in [6.45, 7) is 10.0. The molecule has 0 aliphatic carbocycles. The molecule has 0 saturated carbocycles. The van der Waals surface area contributed by atoms with E-state index in [1.54, 1.807) is 24.0 Å². The van der Waals surface area contributed by atoms with Crippen molar-refractivity contribution < 1.29 is 13.9 Å². The Morgan fingerprint density at radius 1 is 1.00 bits per heavy atom. The van der Waals surface area contributed by atoms with E-state index in [0.29, 0.717) is 43.5 Å². The number of ether oxygens (including phenoxy) is 1. The Bertz CT molecular complexity index is 999. The maximum absolute atomic E-state index is 13.8. The Labute approximate surface area is 205 Å². The van der Waals surface area contributed by atoms with Crippen molar-refractivity contribution in [3.8, 4) is 0 Å². The molecule has 2 aromatic rings. The second-order valence-electron chi connectivity index (χ2n) is 9.54. The van der Waals surface area contributed by atoms with E-state index in [9.17, 15) is 9.18 Å². The fourth-order valence-electron chi connectivity index (χ4n) is 4.90. The average Bonchev–Trinajstić information content (AvgIpc) is 3.40. The third-order valence-corrected chi connectivity index (χ3v) is 7.13. The number of amides is 2. The lowest BCUT2D eigenvalue weighted by Gasteiger charge is -2.37. The molecule has 0 spiro atoms. The first kappa shape index (κ1) is 23.7. The molecule has 2 amide bonds. The molecule has 3 saturated heterocycles. The van der Waals surface area contributed by atoms with E-state index in [4.69, 9.17) is 4.74 Å². The van der Waals surface area contributed by atoms with Crippen molar-refractivity contribution in [2.24, 2.45) is 0 Å². The maximum atomic E-state index is 13.8. The van der Waals surface area contributed by atoms with Crippen molar-refractivity contribution in [1.82, 2.24) is 20.0 Å². The highest BCUT2D eigenvalue weighted by Crippen LogP contribution is 2.20. The Morgan fingerprint density at radius 3 is 2.23 bits per heavy atom. The summed E-state index contributed by atoms with van der Waals surface area (Å²) in [4.78, 5) is 21.2. The fourth-order valence-corrected chi connectivity index (χ4v) is 4.90. The number of hydrogen-bond acceptors (Lipinski definition) is 7. The predicted octanol–water partition coefficient (Wildman–Crippen LogP) is 2.58. The monoisotopic (exact) mass is 483 g/mol. The standard InChI is InChI=1S/C25H34FN7O2/c1-19-4-5-20(17-22(19)26)27-25(34)33-14-12-32(13-15-33)24-7-6-23(28-29-24)31-10-8-30(9-11-31)18-21-3-2-16-35-21/h4-7,17,21H,2-3,8-16,18H2,1H3,(H,27,34). The van der Waals surface area contributed by atoms with Gasteiger partial charge in [0, 0.05) is 71.2 Å². The Morgan fingerprint density at radius 2 is 1.66 bits per heavy atom. The van der Waals surface area contributed by atoms with Crippen molar-refractivity contribution >= 4 is 23.4 Å². The summed E-state index contributed by atoms with van der Waals surface area (Å²) in [5.74, 6) is 1.41. The zero-order chi connectivity index (χ0) is 24.2. The number of piperazine rings is 2. The first-order chi connectivity index (χ1) is 17.0. The SMILES string of the molecule is Cc1ccc(NC(=O)N2CCN(c3ccc(N4CCN(CC5CCCO5)CC4)nn3)CC2)cc1F. The van der Waals surface area contributed by atoms with Gasteiger partial charge in [0.1, 0.15) is 5.82 Å². The van der Waals surface area contributed by atoms with Crippen LogP contribution in [0.2, 0.25) is 0 Å². The van der Waals surface area contributed by atoms with Crippen LogP contribution in [0.15, 0.2) is 30.3 Å². The maximum Gasteiger partial charge on any atom is 0.321 e. The normalized spacial score (nSPS) is 21.4. The van der Waals surface area contributed by atoms with Crippen molar-refractivity contribution in [2.45, 2.75) is 25.9 Å². The van der Waals surface area contributed by atoms with E-state index < -0.39 is 0 Å². The van der Waals surface area contributed by atoms with Crippen LogP contribution in [0.4, 0.5) is 26.5 Å². The van der Waals surface area contributed by atoms with Crippen molar-refractivity contribution in [1.29, 1.82) is 0 Å². The van der Waals surface area contributed by atoms with Gasteiger partial charge in [-0.05, 0) is 49.6 Å². The van der Waals surface area contributed by atoms with Gasteiger partial charge in [-0.15, -0.1) is 10.2 Å². The Kier molecular flexibility index (Phi) is 7.29. The van der Waals surface area contributed by atoms with E-state index in [1.165, 1.54) is 18.9 Å². The topological polar surface area (TPSA) is 77.1 Å². The lowest BCUT2D eigenvalue weighted by Crippen LogP contribution is -2.50. The third-order valence-electron chi connectivity index (χ3n) is 7.13. The second-order valence-corrected chi connectivity index (χ2v) is 9.54. The number of hydrogen-bond donors (Lipinski definition) is 1. The number of carbonyl (C=O) groups excluding carboxylic acids is 1. The quantitative estimate of drug-likeness (QED) is 0.701. The molecule has 5 rings (SSSR count). The molecule has 3 aliphatic heterocycles. The van der Waals surface area contributed by atoms with Crippen molar-refractivity contribution in [3.05, 3.63) is 41.7 Å². The molecule has 9 nitrogen and oxygen atoms in total. The highest BCUT2D eigenvalue weighted by molar-refractivity contribution is 5.89. The molecule has 1 N–H and O–H groups in total. The summed E-state index contributed by atoms with van der Waals surface area (Å²) in [7, 11) is 0. The number of nitrogens with one attached hydrogen (secondary N) is 1. The number of nitrogens with zero attached hydrogens (tertiary/aromatic N) is 6. The molecule has 0 bridgehead atoms. The van der Waals surface area contributed by atoms with Gasteiger partial charge in [0.25, 0.3) is 0 Å². The van der Waals surface area contributed by atoms with Crippen LogP contribution in [-0.4, -0.2) is 97.6 Å². The lowest BCUT2D eigenvalue weighted by molar-refractivity contribution is 0.0712. The summed E-state index contributed by atoms with van der Waals surface area (Å²) in [5, 5.41) is 11.8. The van der Waals surface area contributed by atoms with Crippen LogP contribution in [0.3, 0.4) is 0 Å². The zero-order valence-corrected chi connectivity index (χ0v) is 20.3. The minimum atomic E-state index is -0.324. The van der Waals surface area contributed by atoms with E-state index in [-0.39, 0.29) is 11.8 Å². The van der Waals surface area contributed by atoms with Gasteiger partial charge < -0.3 is 24.8 Å². The first-order valence-electron chi connectivity index (χ1n) is 12.5. The van der Waals surface area contributed by atoms with Gasteiger partial charge in [0.05, 0.1) is 6.10 Å². The van der Waals surface area contributed by atoms with Crippen LogP contribution >= 0.6 is 0 Å². The molecule has 188 valence electrons. The number of benzene rings is 1. The number of halogens is 1. The number of carbonyl (C=O) groups is 1. The van der Waals surface area contributed by atoms with Gasteiger partial charge in [-0.2, -0.15) is 0 Å². The summed E-state index contributed by atoms with van der Waals surface area (Å²) in [5.41, 5.74) is 1.02. The molecular formula is C25H34FN7O2. The van der Waals surface area contributed by atoms with Gasteiger partial charge in [-0.25, -0.2) is 9.18 Å². The van der Waals surface area contributed by atoms with Crippen LogP contribution < -0.4 is 15.1 Å². The average molecular weight is 484 g/mol. The van der Waals surface area contributed by atoms with Gasteiger partial charge in [0.15, 0.2) is 11.6 Å². The highest BCUT2D eigenvalue weighted by Gasteiger charge is 2.25. The highest BCUT2D eigenvalue weighted by atomic mass is 19.1. The van der Waals surface area contributed by atoms with Gasteiger partial charge in [-0.3, -0.25) is 4.90 Å². The summed E-state index contributed by atoms with van der Waals surface area (Å²) in [6.07, 6.45) is 2.76. The molecule has 1 aromatic heterocycles. The van der Waals surface area contributed by atoms with Gasteiger partial charge in [0.2, 0.25) is 0 Å². The third kappa shape index (κ3) is 5.82. The number of rotatable bonds is 5. The van der Waals surface area contributed by atoms with Crippen LogP contribution in [0.5, 0.6) is 0 Å². The first-order valence-corrected chi connectivity index (χ1v) is 12.5. The lowest BCUT2D eigenvalue weighted by atomic mass is 10.2. The van der Waals surface area contributed by atoms with E-state index in [2.05, 4.69) is 30.2 Å². The van der Waals surface area contributed by atoms with Gasteiger partial charge in [-0.1, -0.05) is 6.07 Å². The number of anilines is 3. The largest absolute Gasteiger partial charge is 0.377 e. The van der Waals surface area contributed by atoms with Crippen molar-refractivity contribution in [2.75, 3.05) is 80.6 Å². The van der Waals surface area contributed by atoms with Crippen molar-refractivity contribution in [3.63, 3.8) is 0 Å². The minimum Gasteiger partial charge on any atom is -0.377 e. The molecular weight excluding hydrogens is 449 g/mol. The Balaban J connectivity index is 1.08. The molecule has 10 heteroatoms. The van der Waals surface area contributed by atoms with E-state index >= 15 is 0 Å². The van der Waals surface area contributed by atoms with E-state index in [0.717, 1.165) is 51.0 Å². The summed E-state index contributed by atoms with van der Waals surface area (Å²) >= 11 is 0. The van der Waals surface area contributed by atoms with Crippen LogP contribution in [0, 0.1) is 12.7 Å². The van der Waals surface area contributed by atoms with Gasteiger partial charge >= 0.3 is 6.03 Å². The molecule has 1 aromatic carbocycles. The molecule has 1 atom stereocenters. The van der Waals surface area contributed by atoms with Crippen LogP contribution in [0.1, 0.15) is 18.4 Å². The smallest absolute Gasteiger partial charge is 0.321 e. The number of aryl methyl sites for hydroxylation is 1. The number of aromatic nitrogens is 2. The predicted molar refractivity (Wildman–Crippen MR) is 134 cm³/mol. The van der Waals surface area contributed by atoms with Crippen LogP contribution in [-0.2, 0) is 4.74 Å². The molecule has 3 fully saturated rings. The molecule has 1 unspecified atom stereocenters. The fraction of sp³-hybridized carbons (Fsp3) is 0.560. The molecule has 0 radical (unpaired) electrons. The summed E-state index contributed by atoms with van der Waals surface area (Å²) < 4.78 is 19.5. The molecule has 35 heavy (non-hydrogen) atoms. The second kappa shape index (κ2) is 10.7. The molecule has 3 aliphatic rings. The number of urea groups is 1. The van der Waals surface area contributed by atoms with Crippen LogP contribution in [0.25, 0.3) is 0 Å². The van der Waals surface area contributed by atoms with E-state index in [1.807, 2.05) is 12.1 Å². The zero-order valence-electron chi connectivity index (χ0n) is 20.3.